The molecule has 1 saturated heterocycles. The Kier molecular flexibility index (Phi) is 6.04. The summed E-state index contributed by atoms with van der Waals surface area (Å²) in [7, 11) is 1.36. The molecule has 1 aliphatic carbocycles. The van der Waals surface area contributed by atoms with E-state index in [0.29, 0.717) is 19.6 Å². The van der Waals surface area contributed by atoms with Gasteiger partial charge in [0.2, 0.25) is 0 Å². The van der Waals surface area contributed by atoms with Crippen molar-refractivity contribution in [2.24, 2.45) is 11.8 Å². The summed E-state index contributed by atoms with van der Waals surface area (Å²) in [5.74, 6) is -1.28. The fourth-order valence-electron chi connectivity index (χ4n) is 3.53. The lowest BCUT2D eigenvalue weighted by atomic mass is 9.85. The van der Waals surface area contributed by atoms with Gasteiger partial charge in [-0.25, -0.2) is 4.79 Å². The summed E-state index contributed by atoms with van der Waals surface area (Å²) in [6.45, 7) is 5.53. The number of carboxylic acid groups (broad SMARTS) is 1. The third kappa shape index (κ3) is 4.17. The molecule has 0 aromatic carbocycles. The van der Waals surface area contributed by atoms with E-state index in [4.69, 9.17) is 9.84 Å². The van der Waals surface area contributed by atoms with Crippen LogP contribution in [0, 0.1) is 11.8 Å². The van der Waals surface area contributed by atoms with Crippen LogP contribution in [0.1, 0.15) is 26.7 Å². The normalized spacial score (nSPS) is 29.2. The number of urea groups is 1. The maximum atomic E-state index is 12.3. The molecule has 0 aromatic rings. The molecule has 1 heterocycles. The number of likely N-dealkylation sites (N-methyl/N-ethyl adjacent to an activating group) is 1. The molecule has 2 amide bonds. The van der Waals surface area contributed by atoms with E-state index in [1.807, 2.05) is 18.7 Å². The first-order chi connectivity index (χ1) is 11.3. The Morgan fingerprint density at radius 2 is 1.96 bits per heavy atom. The molecular formula is C16H27N3O5. The number of likely N-dealkylation sites (tertiary alicyclic amines) is 1. The Labute approximate surface area is 142 Å². The fourth-order valence-corrected chi connectivity index (χ4v) is 3.53. The van der Waals surface area contributed by atoms with Gasteiger partial charge in [0.15, 0.2) is 0 Å². The number of aliphatic carboxylic acids is 1. The fraction of sp³-hybridized carbons (Fsp3) is 0.812. The molecule has 8 heteroatoms. The van der Waals surface area contributed by atoms with E-state index in [2.05, 4.69) is 5.32 Å². The number of hydrogen-bond acceptors (Lipinski definition) is 5. The van der Waals surface area contributed by atoms with E-state index in [0.717, 1.165) is 12.8 Å². The Hall–Kier alpha value is -1.83. The number of esters is 1. The highest BCUT2D eigenvalue weighted by Crippen LogP contribution is 2.27. The molecule has 0 bridgehead atoms. The summed E-state index contributed by atoms with van der Waals surface area (Å²) in [5, 5.41) is 11.9. The van der Waals surface area contributed by atoms with Crippen LogP contribution in [0.25, 0.3) is 0 Å². The molecule has 8 nitrogen and oxygen atoms in total. The van der Waals surface area contributed by atoms with Crippen molar-refractivity contribution in [3.63, 3.8) is 0 Å². The molecule has 0 aromatic heterocycles. The molecular weight excluding hydrogens is 314 g/mol. The van der Waals surface area contributed by atoms with E-state index in [9.17, 15) is 14.4 Å². The highest BCUT2D eigenvalue weighted by Gasteiger charge is 2.40. The minimum Gasteiger partial charge on any atom is -0.480 e. The van der Waals surface area contributed by atoms with Crippen molar-refractivity contribution in [1.82, 2.24) is 15.1 Å². The zero-order valence-corrected chi connectivity index (χ0v) is 14.5. The van der Waals surface area contributed by atoms with Crippen LogP contribution in [0.5, 0.6) is 0 Å². The van der Waals surface area contributed by atoms with Gasteiger partial charge in [0.25, 0.3) is 0 Å². The number of nitrogens with zero attached hydrogens (tertiary/aromatic N) is 2. The van der Waals surface area contributed by atoms with Crippen LogP contribution in [0.3, 0.4) is 0 Å². The minimum absolute atomic E-state index is 0.0340. The van der Waals surface area contributed by atoms with Crippen molar-refractivity contribution in [3.05, 3.63) is 0 Å². The van der Waals surface area contributed by atoms with Crippen LogP contribution in [-0.4, -0.2) is 78.2 Å². The second-order valence-electron chi connectivity index (χ2n) is 6.74. The molecule has 0 unspecified atom stereocenters. The SMILES string of the molecule is CCN(CC(=O)O)C1CC(NC(=O)N2C[C@@H](C)[C@H](C(=O)OC)C2)C1. The minimum atomic E-state index is -0.829. The van der Waals surface area contributed by atoms with Gasteiger partial charge in [0.05, 0.1) is 19.6 Å². The van der Waals surface area contributed by atoms with Crippen LogP contribution in [0.15, 0.2) is 0 Å². The molecule has 2 N–H and O–H groups in total. The van der Waals surface area contributed by atoms with E-state index >= 15 is 0 Å². The smallest absolute Gasteiger partial charge is 0.317 e. The summed E-state index contributed by atoms with van der Waals surface area (Å²) < 4.78 is 4.78. The van der Waals surface area contributed by atoms with Crippen LogP contribution in [0.2, 0.25) is 0 Å². The molecule has 0 radical (unpaired) electrons. The van der Waals surface area contributed by atoms with Crippen molar-refractivity contribution in [1.29, 1.82) is 0 Å². The molecule has 2 atom stereocenters. The second-order valence-corrected chi connectivity index (χ2v) is 6.74. The van der Waals surface area contributed by atoms with E-state index in [-0.39, 0.29) is 42.5 Å². The summed E-state index contributed by atoms with van der Waals surface area (Å²) in [6.07, 6.45) is 1.52. The van der Waals surface area contributed by atoms with Crippen molar-refractivity contribution < 1.29 is 24.2 Å². The first-order valence-electron chi connectivity index (χ1n) is 8.44. The molecule has 2 aliphatic rings. The predicted octanol–water partition coefficient (Wildman–Crippen LogP) is 0.374. The Balaban J connectivity index is 1.77. The summed E-state index contributed by atoms with van der Waals surface area (Å²) in [6, 6.07) is 0.118. The Bertz CT molecular complexity index is 492. The number of amides is 2. The largest absolute Gasteiger partial charge is 0.480 e. The van der Waals surface area contributed by atoms with Gasteiger partial charge in [-0.2, -0.15) is 0 Å². The zero-order valence-electron chi connectivity index (χ0n) is 14.5. The number of ether oxygens (including phenoxy) is 1. The van der Waals surface area contributed by atoms with E-state index in [1.54, 1.807) is 4.90 Å². The number of hydrogen-bond donors (Lipinski definition) is 2. The van der Waals surface area contributed by atoms with Gasteiger partial charge in [0, 0.05) is 25.2 Å². The summed E-state index contributed by atoms with van der Waals surface area (Å²) in [4.78, 5) is 38.4. The van der Waals surface area contributed by atoms with Gasteiger partial charge in [-0.3, -0.25) is 14.5 Å². The lowest BCUT2D eigenvalue weighted by Gasteiger charge is -2.42. The maximum Gasteiger partial charge on any atom is 0.317 e. The monoisotopic (exact) mass is 341 g/mol. The van der Waals surface area contributed by atoms with Crippen LogP contribution < -0.4 is 5.32 Å². The predicted molar refractivity (Wildman–Crippen MR) is 86.5 cm³/mol. The lowest BCUT2D eigenvalue weighted by Crippen LogP contribution is -2.56. The summed E-state index contributed by atoms with van der Waals surface area (Å²) in [5.41, 5.74) is 0. The van der Waals surface area contributed by atoms with Crippen LogP contribution >= 0.6 is 0 Å². The number of nitrogens with one attached hydrogen (secondary N) is 1. The van der Waals surface area contributed by atoms with Gasteiger partial charge in [-0.15, -0.1) is 0 Å². The summed E-state index contributed by atoms with van der Waals surface area (Å²) >= 11 is 0. The molecule has 0 spiro atoms. The van der Waals surface area contributed by atoms with Crippen molar-refractivity contribution >= 4 is 18.0 Å². The molecule has 1 aliphatic heterocycles. The number of carbonyl (C=O) groups excluding carboxylic acids is 2. The third-order valence-electron chi connectivity index (χ3n) is 5.11. The van der Waals surface area contributed by atoms with Crippen molar-refractivity contribution in [2.75, 3.05) is 33.3 Å². The zero-order chi connectivity index (χ0) is 17.9. The average Bonchev–Trinajstić information content (AvgIpc) is 2.89. The number of carboxylic acids is 1. The quantitative estimate of drug-likeness (QED) is 0.678. The first-order valence-corrected chi connectivity index (χ1v) is 8.44. The number of rotatable bonds is 6. The Morgan fingerprint density at radius 1 is 1.29 bits per heavy atom. The average molecular weight is 341 g/mol. The lowest BCUT2D eigenvalue weighted by molar-refractivity contribution is -0.146. The van der Waals surface area contributed by atoms with Crippen LogP contribution in [-0.2, 0) is 14.3 Å². The van der Waals surface area contributed by atoms with Gasteiger partial charge < -0.3 is 20.1 Å². The standard InChI is InChI=1S/C16H27N3O5/c1-4-18(9-14(20)21)12-5-11(6-12)17-16(23)19-7-10(2)13(8-19)15(22)24-3/h10-13H,4-9H2,1-3H3,(H,17,23)(H,20,21)/t10-,11?,12?,13-/m1/s1. The van der Waals surface area contributed by atoms with Gasteiger partial charge in [-0.1, -0.05) is 13.8 Å². The topological polar surface area (TPSA) is 99.2 Å². The van der Waals surface area contributed by atoms with Gasteiger partial charge >= 0.3 is 18.0 Å². The van der Waals surface area contributed by atoms with Crippen molar-refractivity contribution in [3.8, 4) is 0 Å². The van der Waals surface area contributed by atoms with Gasteiger partial charge in [0.1, 0.15) is 0 Å². The highest BCUT2D eigenvalue weighted by molar-refractivity contribution is 5.78. The van der Waals surface area contributed by atoms with Gasteiger partial charge in [-0.05, 0) is 25.3 Å². The third-order valence-corrected chi connectivity index (χ3v) is 5.11. The molecule has 2 rings (SSSR count). The Morgan fingerprint density at radius 3 is 2.50 bits per heavy atom. The van der Waals surface area contributed by atoms with Crippen molar-refractivity contribution in [2.45, 2.75) is 38.8 Å². The molecule has 2 fully saturated rings. The second kappa shape index (κ2) is 7.83. The number of carbonyl (C=O) groups is 3. The highest BCUT2D eigenvalue weighted by atomic mass is 16.5. The molecule has 136 valence electrons. The van der Waals surface area contributed by atoms with E-state index in [1.165, 1.54) is 7.11 Å². The number of methoxy groups -OCH3 is 1. The van der Waals surface area contributed by atoms with E-state index < -0.39 is 5.97 Å². The molecule has 1 saturated carbocycles. The maximum absolute atomic E-state index is 12.3. The van der Waals surface area contributed by atoms with Crippen LogP contribution in [0.4, 0.5) is 4.79 Å². The molecule has 24 heavy (non-hydrogen) atoms. The first kappa shape index (κ1) is 18.5.